The molecule has 2 rings (SSSR count). The topological polar surface area (TPSA) is 77.8 Å². The molecule has 1 unspecified atom stereocenters. The van der Waals surface area contributed by atoms with Crippen LogP contribution in [-0.2, 0) is 4.79 Å². The molecule has 1 amide bonds. The maximum absolute atomic E-state index is 12.2. The van der Waals surface area contributed by atoms with Crippen molar-refractivity contribution < 1.29 is 19.8 Å². The highest BCUT2D eigenvalue weighted by Gasteiger charge is 2.42. The van der Waals surface area contributed by atoms with E-state index in [0.717, 1.165) is 0 Å². The molecular weight excluding hydrogens is 314 g/mol. The third kappa shape index (κ3) is 2.58. The number of carboxylic acids is 1. The van der Waals surface area contributed by atoms with E-state index in [1.54, 1.807) is 19.1 Å². The molecule has 1 aromatic rings. The first-order valence-electron chi connectivity index (χ1n) is 5.85. The number of phenols is 1. The maximum atomic E-state index is 12.2. The van der Waals surface area contributed by atoms with E-state index < -0.39 is 11.4 Å². The van der Waals surface area contributed by atoms with Gasteiger partial charge >= 0.3 is 5.97 Å². The summed E-state index contributed by atoms with van der Waals surface area (Å²) in [5.74, 6) is -1.15. The number of carbonyl (C=O) groups is 2. The van der Waals surface area contributed by atoms with Gasteiger partial charge in [0.05, 0.1) is 9.89 Å². The molecule has 0 bridgehead atoms. The Balaban J connectivity index is 2.18. The summed E-state index contributed by atoms with van der Waals surface area (Å²) >= 11 is 3.15. The largest absolute Gasteiger partial charge is 0.507 e. The summed E-state index contributed by atoms with van der Waals surface area (Å²) in [4.78, 5) is 24.9. The van der Waals surface area contributed by atoms with Gasteiger partial charge in [0.25, 0.3) is 5.91 Å². The summed E-state index contributed by atoms with van der Waals surface area (Å²) in [6.45, 7) is 2.25. The van der Waals surface area contributed by atoms with Crippen LogP contribution in [0.3, 0.4) is 0 Å². The van der Waals surface area contributed by atoms with Crippen molar-refractivity contribution in [3.63, 3.8) is 0 Å². The van der Waals surface area contributed by atoms with E-state index in [-0.39, 0.29) is 18.2 Å². The number of aliphatic carboxylic acids is 1. The molecule has 0 saturated carbocycles. The second-order valence-corrected chi connectivity index (χ2v) is 5.86. The van der Waals surface area contributed by atoms with Crippen molar-refractivity contribution in [2.75, 3.05) is 13.1 Å². The smallest absolute Gasteiger partial charge is 0.311 e. The van der Waals surface area contributed by atoms with Crippen LogP contribution < -0.4 is 0 Å². The van der Waals surface area contributed by atoms with Gasteiger partial charge in [0.2, 0.25) is 0 Å². The van der Waals surface area contributed by atoms with Crippen molar-refractivity contribution in [1.29, 1.82) is 0 Å². The van der Waals surface area contributed by atoms with Crippen molar-refractivity contribution in [2.45, 2.75) is 13.3 Å². The van der Waals surface area contributed by atoms with Crippen molar-refractivity contribution in [3.8, 4) is 5.75 Å². The van der Waals surface area contributed by atoms with Crippen LogP contribution in [0, 0.1) is 5.41 Å². The zero-order valence-corrected chi connectivity index (χ0v) is 12.0. The molecule has 1 aliphatic rings. The monoisotopic (exact) mass is 327 g/mol. The number of rotatable bonds is 2. The lowest BCUT2D eigenvalue weighted by Crippen LogP contribution is -2.34. The fourth-order valence-electron chi connectivity index (χ4n) is 2.14. The summed E-state index contributed by atoms with van der Waals surface area (Å²) in [6.07, 6.45) is 0.441. The quantitative estimate of drug-likeness (QED) is 0.871. The molecule has 0 aromatic heterocycles. The third-order valence-corrected chi connectivity index (χ3v) is 4.14. The first-order valence-corrected chi connectivity index (χ1v) is 6.64. The van der Waals surface area contributed by atoms with Gasteiger partial charge in [0.15, 0.2) is 0 Å². The standard InChI is InChI=1S/C13H14BrNO4/c1-13(12(18)19)4-5-15(7-13)11(17)8-2-3-9(14)10(16)6-8/h2-3,6,16H,4-5,7H2,1H3,(H,18,19). The van der Waals surface area contributed by atoms with Gasteiger partial charge in [-0.2, -0.15) is 0 Å². The number of aromatic hydroxyl groups is 1. The Labute approximate surface area is 119 Å². The molecule has 1 atom stereocenters. The van der Waals surface area contributed by atoms with Crippen LogP contribution >= 0.6 is 15.9 Å². The van der Waals surface area contributed by atoms with Crippen LogP contribution in [0.4, 0.5) is 0 Å². The van der Waals surface area contributed by atoms with Gasteiger partial charge in [-0.25, -0.2) is 0 Å². The normalized spacial score (nSPS) is 22.5. The number of hydrogen-bond acceptors (Lipinski definition) is 3. The number of likely N-dealkylation sites (tertiary alicyclic amines) is 1. The minimum Gasteiger partial charge on any atom is -0.507 e. The molecule has 2 N–H and O–H groups in total. The lowest BCUT2D eigenvalue weighted by molar-refractivity contribution is -0.147. The molecule has 19 heavy (non-hydrogen) atoms. The Hall–Kier alpha value is -1.56. The number of phenolic OH excluding ortho intramolecular Hbond substituents is 1. The Kier molecular flexibility index (Phi) is 3.54. The highest BCUT2D eigenvalue weighted by molar-refractivity contribution is 9.10. The molecule has 0 aliphatic carbocycles. The fraction of sp³-hybridized carbons (Fsp3) is 0.385. The summed E-state index contributed by atoms with van der Waals surface area (Å²) in [6, 6.07) is 4.57. The predicted molar refractivity (Wildman–Crippen MR) is 72.1 cm³/mol. The van der Waals surface area contributed by atoms with Gasteiger partial charge in [-0.05, 0) is 47.5 Å². The van der Waals surface area contributed by atoms with Crippen molar-refractivity contribution in [1.82, 2.24) is 4.90 Å². The van der Waals surface area contributed by atoms with Crippen LogP contribution in [0.1, 0.15) is 23.7 Å². The van der Waals surface area contributed by atoms with Crippen LogP contribution in [0.15, 0.2) is 22.7 Å². The van der Waals surface area contributed by atoms with Gasteiger partial charge in [-0.1, -0.05) is 0 Å². The molecule has 1 aromatic carbocycles. The molecular formula is C13H14BrNO4. The zero-order chi connectivity index (χ0) is 14.2. The second-order valence-electron chi connectivity index (χ2n) is 5.01. The molecule has 1 aliphatic heterocycles. The fourth-order valence-corrected chi connectivity index (χ4v) is 2.38. The van der Waals surface area contributed by atoms with E-state index in [1.165, 1.54) is 11.0 Å². The van der Waals surface area contributed by atoms with Gasteiger partial charge in [-0.3, -0.25) is 9.59 Å². The molecule has 1 saturated heterocycles. The number of halogens is 1. The van der Waals surface area contributed by atoms with Gasteiger partial charge in [0, 0.05) is 18.7 Å². The molecule has 0 spiro atoms. The average molecular weight is 328 g/mol. The van der Waals surface area contributed by atoms with E-state index in [9.17, 15) is 14.7 Å². The first-order chi connectivity index (χ1) is 8.83. The van der Waals surface area contributed by atoms with E-state index in [2.05, 4.69) is 15.9 Å². The summed E-state index contributed by atoms with van der Waals surface area (Å²) in [5, 5.41) is 18.7. The third-order valence-electron chi connectivity index (χ3n) is 3.47. The van der Waals surface area contributed by atoms with Gasteiger partial charge < -0.3 is 15.1 Å². The molecule has 5 nitrogen and oxygen atoms in total. The Bertz CT molecular complexity index is 545. The van der Waals surface area contributed by atoms with Gasteiger partial charge in [0.1, 0.15) is 5.75 Å². The second kappa shape index (κ2) is 4.85. The Morgan fingerprint density at radius 1 is 1.42 bits per heavy atom. The first kappa shape index (κ1) is 13.9. The molecule has 0 radical (unpaired) electrons. The van der Waals surface area contributed by atoms with Crippen LogP contribution in [0.5, 0.6) is 5.75 Å². The highest BCUT2D eigenvalue weighted by Crippen LogP contribution is 2.32. The molecule has 6 heteroatoms. The zero-order valence-electron chi connectivity index (χ0n) is 10.4. The number of hydrogen-bond donors (Lipinski definition) is 2. The number of carboxylic acid groups (broad SMARTS) is 1. The summed E-state index contributed by atoms with van der Waals surface area (Å²) in [5.41, 5.74) is -0.525. The van der Waals surface area contributed by atoms with Crippen LogP contribution in [0.2, 0.25) is 0 Å². The minimum atomic E-state index is -0.888. The minimum absolute atomic E-state index is 0.00829. The van der Waals surface area contributed by atoms with E-state index in [0.29, 0.717) is 23.0 Å². The number of amides is 1. The number of benzene rings is 1. The van der Waals surface area contributed by atoms with Crippen LogP contribution in [0.25, 0.3) is 0 Å². The van der Waals surface area contributed by atoms with Crippen LogP contribution in [-0.4, -0.2) is 40.1 Å². The van der Waals surface area contributed by atoms with Crippen molar-refractivity contribution in [2.24, 2.45) is 5.41 Å². The van der Waals surface area contributed by atoms with Gasteiger partial charge in [-0.15, -0.1) is 0 Å². The number of nitrogens with zero attached hydrogens (tertiary/aromatic N) is 1. The van der Waals surface area contributed by atoms with E-state index in [1.807, 2.05) is 0 Å². The number of carbonyl (C=O) groups excluding carboxylic acids is 1. The lowest BCUT2D eigenvalue weighted by atomic mass is 9.90. The molecule has 102 valence electrons. The van der Waals surface area contributed by atoms with E-state index >= 15 is 0 Å². The SMILES string of the molecule is CC1(C(=O)O)CCN(C(=O)c2ccc(Br)c(O)c2)C1. The highest BCUT2D eigenvalue weighted by atomic mass is 79.9. The van der Waals surface area contributed by atoms with Crippen molar-refractivity contribution in [3.05, 3.63) is 28.2 Å². The Morgan fingerprint density at radius 3 is 2.63 bits per heavy atom. The molecule has 1 heterocycles. The summed E-state index contributed by atoms with van der Waals surface area (Å²) < 4.78 is 0.515. The predicted octanol–water partition coefficient (Wildman–Crippen LogP) is 2.09. The lowest BCUT2D eigenvalue weighted by Gasteiger charge is -2.20. The maximum Gasteiger partial charge on any atom is 0.311 e. The summed E-state index contributed by atoms with van der Waals surface area (Å²) in [7, 11) is 0. The molecule has 1 fully saturated rings. The van der Waals surface area contributed by atoms with Crippen molar-refractivity contribution >= 4 is 27.8 Å². The van der Waals surface area contributed by atoms with E-state index in [4.69, 9.17) is 5.11 Å². The average Bonchev–Trinajstić information content (AvgIpc) is 2.76. The Morgan fingerprint density at radius 2 is 2.11 bits per heavy atom.